The molecule has 0 saturated carbocycles. The molecule has 0 aliphatic carbocycles. The molecule has 0 amide bonds. The predicted octanol–water partition coefficient (Wildman–Crippen LogP) is 18.6. The van der Waals surface area contributed by atoms with Crippen LogP contribution in [0.1, 0.15) is 0 Å². The third-order valence-electron chi connectivity index (χ3n) is 14.4. The van der Waals surface area contributed by atoms with E-state index >= 15 is 0 Å². The molecule has 15 aromatic rings. The molecular weight excluding hydrogens is 881 g/mol. The molecule has 338 valence electrons. The number of furan rings is 2. The molecule has 15 rings (SSSR count). The molecule has 4 aromatic heterocycles. The van der Waals surface area contributed by atoms with Crippen molar-refractivity contribution in [2.24, 2.45) is 0 Å². The maximum absolute atomic E-state index is 7.60. The van der Waals surface area contributed by atoms with Crippen molar-refractivity contribution in [1.82, 2.24) is 9.13 Å². The van der Waals surface area contributed by atoms with Crippen molar-refractivity contribution < 1.29 is 8.83 Å². The van der Waals surface area contributed by atoms with E-state index in [4.69, 9.17) is 8.83 Å². The van der Waals surface area contributed by atoms with E-state index < -0.39 is 0 Å². The van der Waals surface area contributed by atoms with Crippen LogP contribution in [0, 0.1) is 0 Å². The number of rotatable bonds is 8. The van der Waals surface area contributed by atoms with Gasteiger partial charge in [-0.15, -0.1) is 0 Å². The second-order valence-electron chi connectivity index (χ2n) is 18.4. The molecule has 11 aromatic carbocycles. The van der Waals surface area contributed by atoms with Gasteiger partial charge in [0.1, 0.15) is 22.3 Å². The van der Waals surface area contributed by atoms with E-state index in [2.05, 4.69) is 262 Å². The van der Waals surface area contributed by atoms with Gasteiger partial charge < -0.3 is 27.8 Å². The average molecular weight is 923 g/mol. The number of para-hydroxylation sites is 7. The monoisotopic (exact) mass is 922 g/mol. The van der Waals surface area contributed by atoms with Gasteiger partial charge in [-0.1, -0.05) is 127 Å². The molecule has 0 saturated heterocycles. The zero-order valence-electron chi connectivity index (χ0n) is 38.9. The first-order valence-corrected chi connectivity index (χ1v) is 24.4. The van der Waals surface area contributed by atoms with E-state index in [-0.39, 0.29) is 0 Å². The maximum atomic E-state index is 7.60. The summed E-state index contributed by atoms with van der Waals surface area (Å²) in [7, 11) is 0. The van der Waals surface area contributed by atoms with E-state index in [0.717, 1.165) is 133 Å². The van der Waals surface area contributed by atoms with E-state index in [0.29, 0.717) is 0 Å². The molecule has 0 bridgehead atoms. The minimum absolute atomic E-state index is 0.843. The Kier molecular flexibility index (Phi) is 8.86. The highest BCUT2D eigenvalue weighted by Crippen LogP contribution is 2.51. The second-order valence-corrected chi connectivity index (χ2v) is 18.4. The lowest BCUT2D eigenvalue weighted by Crippen LogP contribution is -2.14. The van der Waals surface area contributed by atoms with Crippen LogP contribution in [0.2, 0.25) is 0 Å². The van der Waals surface area contributed by atoms with Crippen LogP contribution in [0.4, 0.5) is 34.1 Å². The molecule has 72 heavy (non-hydrogen) atoms. The van der Waals surface area contributed by atoms with Gasteiger partial charge >= 0.3 is 0 Å². The predicted molar refractivity (Wildman–Crippen MR) is 299 cm³/mol. The highest BCUT2D eigenvalue weighted by Gasteiger charge is 2.28. The largest absolute Gasteiger partial charge is 0.456 e. The van der Waals surface area contributed by atoms with Gasteiger partial charge in [-0.05, 0) is 127 Å². The Morgan fingerprint density at radius 1 is 0.264 bits per heavy atom. The van der Waals surface area contributed by atoms with Gasteiger partial charge in [0.2, 0.25) is 0 Å². The Balaban J connectivity index is 1.09. The van der Waals surface area contributed by atoms with Crippen molar-refractivity contribution in [2.75, 3.05) is 9.80 Å². The van der Waals surface area contributed by atoms with Gasteiger partial charge in [-0.25, -0.2) is 0 Å². The van der Waals surface area contributed by atoms with Gasteiger partial charge in [0, 0.05) is 66.4 Å². The van der Waals surface area contributed by atoms with Crippen molar-refractivity contribution in [2.45, 2.75) is 0 Å². The number of hydrogen-bond donors (Lipinski definition) is 0. The molecule has 6 heteroatoms. The molecule has 0 aliphatic rings. The normalized spacial score (nSPS) is 11.9. The minimum Gasteiger partial charge on any atom is -0.456 e. The summed E-state index contributed by atoms with van der Waals surface area (Å²) in [5.74, 6) is 0. The van der Waals surface area contributed by atoms with Gasteiger partial charge in [0.15, 0.2) is 0 Å². The van der Waals surface area contributed by atoms with Crippen molar-refractivity contribution in [3.05, 3.63) is 255 Å². The Morgan fingerprint density at radius 2 is 0.764 bits per heavy atom. The van der Waals surface area contributed by atoms with Crippen LogP contribution in [0.5, 0.6) is 0 Å². The summed E-state index contributed by atoms with van der Waals surface area (Å²) in [5.41, 5.74) is 16.1. The van der Waals surface area contributed by atoms with Crippen LogP contribution < -0.4 is 9.80 Å². The summed E-state index contributed by atoms with van der Waals surface area (Å²) in [6, 6.07) is 90.8. The SMILES string of the molecule is c1ccc(N(c2ccccc2)c2cc(N(c3ccccc3)c3ccccc3)c3c4c5oc6c(ccc7c6c6ccccc6n7-c6ccc7oc8ccccc8c7c6)c5ccc4n(-c4ccccc4)c3c2)cc1. The fraction of sp³-hybridized carbons (Fsp3) is 0. The van der Waals surface area contributed by atoms with Gasteiger partial charge in [0.25, 0.3) is 0 Å². The number of nitrogens with zero attached hydrogens (tertiary/aromatic N) is 4. The summed E-state index contributed by atoms with van der Waals surface area (Å²) < 4.78 is 18.7. The lowest BCUT2D eigenvalue weighted by molar-refractivity contribution is 0.669. The molecule has 4 heterocycles. The topological polar surface area (TPSA) is 42.6 Å². The molecule has 0 spiro atoms. The molecular formula is C66H42N4O2. The Morgan fingerprint density at radius 3 is 1.40 bits per heavy atom. The average Bonchev–Trinajstić information content (AvgIpc) is 4.20. The highest BCUT2D eigenvalue weighted by atomic mass is 16.3. The molecule has 0 fully saturated rings. The third-order valence-corrected chi connectivity index (χ3v) is 14.4. The first-order chi connectivity index (χ1) is 35.7. The van der Waals surface area contributed by atoms with E-state index in [1.54, 1.807) is 0 Å². The Labute approximate surface area is 413 Å². The van der Waals surface area contributed by atoms with Gasteiger partial charge in [-0.3, -0.25) is 0 Å². The van der Waals surface area contributed by atoms with Crippen LogP contribution in [0.3, 0.4) is 0 Å². The first kappa shape index (κ1) is 40.1. The number of aromatic nitrogens is 2. The van der Waals surface area contributed by atoms with Crippen LogP contribution in [0.25, 0.3) is 98.9 Å². The summed E-state index contributed by atoms with van der Waals surface area (Å²) in [4.78, 5) is 4.77. The molecule has 0 N–H and O–H groups in total. The summed E-state index contributed by atoms with van der Waals surface area (Å²) >= 11 is 0. The molecule has 0 aliphatic heterocycles. The molecule has 0 atom stereocenters. The zero-order chi connectivity index (χ0) is 47.3. The van der Waals surface area contributed by atoms with Crippen molar-refractivity contribution in [3.8, 4) is 11.4 Å². The number of hydrogen-bond acceptors (Lipinski definition) is 4. The molecule has 0 unspecified atom stereocenters. The number of anilines is 6. The first-order valence-electron chi connectivity index (χ1n) is 24.4. The van der Waals surface area contributed by atoms with E-state index in [9.17, 15) is 0 Å². The Hall–Kier alpha value is -9.78. The summed E-state index contributed by atoms with van der Waals surface area (Å²) in [5, 5.41) is 8.65. The van der Waals surface area contributed by atoms with E-state index in [1.165, 1.54) is 0 Å². The third kappa shape index (κ3) is 6.03. The Bertz CT molecular complexity index is 4480. The fourth-order valence-corrected chi connectivity index (χ4v) is 11.4. The van der Waals surface area contributed by atoms with Crippen LogP contribution in [-0.2, 0) is 0 Å². The number of fused-ring (bicyclic) bond motifs is 14. The maximum Gasteiger partial charge on any atom is 0.145 e. The summed E-state index contributed by atoms with van der Waals surface area (Å²) in [6.45, 7) is 0. The van der Waals surface area contributed by atoms with Crippen molar-refractivity contribution >= 4 is 122 Å². The lowest BCUT2D eigenvalue weighted by Gasteiger charge is -2.30. The van der Waals surface area contributed by atoms with Crippen molar-refractivity contribution in [3.63, 3.8) is 0 Å². The van der Waals surface area contributed by atoms with Crippen LogP contribution in [0.15, 0.2) is 264 Å². The van der Waals surface area contributed by atoms with Gasteiger partial charge in [-0.2, -0.15) is 0 Å². The molecule has 0 radical (unpaired) electrons. The lowest BCUT2D eigenvalue weighted by atomic mass is 10.0. The second kappa shape index (κ2) is 15.9. The van der Waals surface area contributed by atoms with Crippen molar-refractivity contribution in [1.29, 1.82) is 0 Å². The standard InChI is InChI=1S/C66H42N4O2/c1-6-20-43(21-7-1)67(44-22-8-2-9-23-44)49-41-58(68(45-24-10-3-11-25-45)46-26-12-4-13-27-46)63-59(42-49)69(47-28-14-5-15-29-47)57-38-36-52-51-35-37-56-62(65(51)72-66(52)64(57)63)53-31-16-18-32-55(53)70(56)48-34-39-61-54(40-48)50-30-17-19-33-60(50)71-61/h1-42H. The highest BCUT2D eigenvalue weighted by molar-refractivity contribution is 6.31. The minimum atomic E-state index is 0.843. The fourth-order valence-electron chi connectivity index (χ4n) is 11.4. The molecule has 6 nitrogen and oxygen atoms in total. The zero-order valence-corrected chi connectivity index (χ0v) is 38.9. The van der Waals surface area contributed by atoms with E-state index in [1.807, 2.05) is 12.1 Å². The smallest absolute Gasteiger partial charge is 0.145 e. The number of benzene rings is 11. The summed E-state index contributed by atoms with van der Waals surface area (Å²) in [6.07, 6.45) is 0. The van der Waals surface area contributed by atoms with Crippen LogP contribution >= 0.6 is 0 Å². The van der Waals surface area contributed by atoms with Gasteiger partial charge in [0.05, 0.1) is 44.2 Å². The van der Waals surface area contributed by atoms with Crippen LogP contribution in [-0.4, -0.2) is 9.13 Å². The quantitative estimate of drug-likeness (QED) is 0.152.